The average molecular weight is 507 g/mol. The number of anilines is 1. The van der Waals surface area contributed by atoms with E-state index in [0.29, 0.717) is 44.9 Å². The van der Waals surface area contributed by atoms with Gasteiger partial charge in [0.05, 0.1) is 22.4 Å². The Morgan fingerprint density at radius 1 is 1.14 bits per heavy atom. The number of nitro benzene ring substituents is 1. The second-order valence-electron chi connectivity index (χ2n) is 7.95. The van der Waals surface area contributed by atoms with Crippen molar-refractivity contribution in [1.82, 2.24) is 15.2 Å². The standard InChI is InChI=1S/C22H20F3N5O4S/c23-22(24,25)15-10-16-19(17(11-15)30(33)34)35-21(27-20(16)32)29-8-6-28(7-9-29)13-18(31)26-12-14-4-2-1-3-5-14/h1-5,10-11H,6-9,12-13H2,(H,26,31). The summed E-state index contributed by atoms with van der Waals surface area (Å²) in [7, 11) is 0. The van der Waals surface area contributed by atoms with Gasteiger partial charge in [-0.2, -0.15) is 18.2 Å². The molecule has 0 unspecified atom stereocenters. The molecular weight excluding hydrogens is 487 g/mol. The van der Waals surface area contributed by atoms with Crippen LogP contribution in [-0.2, 0) is 17.5 Å². The smallest absolute Gasteiger partial charge is 0.351 e. The number of fused-ring (bicyclic) bond motifs is 1. The number of hydrogen-bond donors (Lipinski definition) is 1. The number of alkyl halides is 3. The van der Waals surface area contributed by atoms with Gasteiger partial charge in [-0.1, -0.05) is 41.7 Å². The Hall–Kier alpha value is -3.58. The first kappa shape index (κ1) is 24.5. The molecule has 1 amide bonds. The summed E-state index contributed by atoms with van der Waals surface area (Å²) >= 11 is 0.811. The van der Waals surface area contributed by atoms with E-state index in [1.54, 1.807) is 4.90 Å². The number of nitro groups is 1. The van der Waals surface area contributed by atoms with E-state index in [1.807, 2.05) is 35.2 Å². The molecule has 0 bridgehead atoms. The van der Waals surface area contributed by atoms with Gasteiger partial charge in [0.2, 0.25) is 5.91 Å². The topological polar surface area (TPSA) is 109 Å². The van der Waals surface area contributed by atoms with Crippen molar-refractivity contribution in [2.45, 2.75) is 12.7 Å². The first-order valence-corrected chi connectivity index (χ1v) is 11.4. The fraction of sp³-hybridized carbons (Fsp3) is 0.318. The highest BCUT2D eigenvalue weighted by Gasteiger charge is 2.34. The van der Waals surface area contributed by atoms with Crippen molar-refractivity contribution >= 4 is 38.1 Å². The molecule has 3 aromatic rings. The lowest BCUT2D eigenvalue weighted by Crippen LogP contribution is -2.49. The number of hydrogen-bond acceptors (Lipinski definition) is 8. The van der Waals surface area contributed by atoms with E-state index >= 15 is 0 Å². The molecule has 0 spiro atoms. The van der Waals surface area contributed by atoms with Crippen LogP contribution >= 0.6 is 11.3 Å². The summed E-state index contributed by atoms with van der Waals surface area (Å²) < 4.78 is 39.3. The van der Waals surface area contributed by atoms with Gasteiger partial charge in [-0.05, 0) is 11.6 Å². The van der Waals surface area contributed by atoms with Crippen LogP contribution in [0.4, 0.5) is 24.0 Å². The van der Waals surface area contributed by atoms with Crippen LogP contribution in [0.2, 0.25) is 0 Å². The van der Waals surface area contributed by atoms with Gasteiger partial charge < -0.3 is 10.2 Å². The number of non-ortho nitro benzene ring substituents is 1. The number of amides is 1. The van der Waals surface area contributed by atoms with E-state index in [1.165, 1.54) is 0 Å². The molecule has 35 heavy (non-hydrogen) atoms. The van der Waals surface area contributed by atoms with Crippen molar-refractivity contribution < 1.29 is 22.9 Å². The molecule has 1 N–H and O–H groups in total. The van der Waals surface area contributed by atoms with E-state index in [9.17, 15) is 32.9 Å². The minimum absolute atomic E-state index is 0.133. The molecule has 2 aromatic carbocycles. The number of nitrogens with zero attached hydrogens (tertiary/aromatic N) is 4. The summed E-state index contributed by atoms with van der Waals surface area (Å²) in [6.07, 6.45) is -4.83. The Balaban J connectivity index is 1.45. The number of aromatic nitrogens is 1. The summed E-state index contributed by atoms with van der Waals surface area (Å²) in [5.41, 5.74) is -2.02. The van der Waals surface area contributed by atoms with E-state index in [0.717, 1.165) is 16.9 Å². The van der Waals surface area contributed by atoms with Gasteiger partial charge in [0.25, 0.3) is 11.2 Å². The maximum atomic E-state index is 13.1. The zero-order valence-electron chi connectivity index (χ0n) is 18.2. The number of benzene rings is 2. The van der Waals surface area contributed by atoms with Crippen LogP contribution in [0.1, 0.15) is 11.1 Å². The van der Waals surface area contributed by atoms with Crippen LogP contribution in [0, 0.1) is 10.1 Å². The van der Waals surface area contributed by atoms with Crippen molar-refractivity contribution in [2.24, 2.45) is 0 Å². The Morgan fingerprint density at radius 2 is 1.83 bits per heavy atom. The predicted octanol–water partition coefficient (Wildman–Crippen LogP) is 3.02. The van der Waals surface area contributed by atoms with Crippen molar-refractivity contribution in [3.63, 3.8) is 0 Å². The van der Waals surface area contributed by atoms with Crippen molar-refractivity contribution in [1.29, 1.82) is 0 Å². The fourth-order valence-corrected chi connectivity index (χ4v) is 4.85. The van der Waals surface area contributed by atoms with Crippen LogP contribution in [0.3, 0.4) is 0 Å². The number of carbonyl (C=O) groups excluding carboxylic acids is 1. The summed E-state index contributed by atoms with van der Waals surface area (Å²) in [6.45, 7) is 2.36. The molecule has 184 valence electrons. The molecule has 1 aliphatic heterocycles. The first-order valence-electron chi connectivity index (χ1n) is 10.6. The molecular formula is C22H20F3N5O4S. The van der Waals surface area contributed by atoms with E-state index in [2.05, 4.69) is 10.3 Å². The minimum Gasteiger partial charge on any atom is -0.351 e. The number of rotatable bonds is 6. The third kappa shape index (κ3) is 5.74. The summed E-state index contributed by atoms with van der Waals surface area (Å²) in [4.78, 5) is 42.9. The second kappa shape index (κ2) is 9.96. The van der Waals surface area contributed by atoms with Gasteiger partial charge in [0, 0.05) is 38.8 Å². The number of nitrogens with one attached hydrogen (secondary N) is 1. The molecule has 13 heteroatoms. The average Bonchev–Trinajstić information content (AvgIpc) is 2.82. The van der Waals surface area contributed by atoms with Crippen LogP contribution in [0.5, 0.6) is 0 Å². The van der Waals surface area contributed by atoms with Crippen molar-refractivity contribution in [3.8, 4) is 0 Å². The van der Waals surface area contributed by atoms with Gasteiger partial charge in [0.1, 0.15) is 4.70 Å². The van der Waals surface area contributed by atoms with Gasteiger partial charge in [0.15, 0.2) is 5.13 Å². The Morgan fingerprint density at radius 3 is 2.46 bits per heavy atom. The molecule has 1 saturated heterocycles. The molecule has 0 atom stereocenters. The second-order valence-corrected chi connectivity index (χ2v) is 8.93. The molecule has 9 nitrogen and oxygen atoms in total. The first-order chi connectivity index (χ1) is 16.6. The van der Waals surface area contributed by atoms with Crippen LogP contribution < -0.4 is 15.8 Å². The van der Waals surface area contributed by atoms with Crippen LogP contribution in [0.15, 0.2) is 47.3 Å². The summed E-state index contributed by atoms with van der Waals surface area (Å²) in [5, 5.41) is 14.1. The molecule has 1 aliphatic rings. The molecule has 2 heterocycles. The quantitative estimate of drug-likeness (QED) is 0.404. The lowest BCUT2D eigenvalue weighted by molar-refractivity contribution is -0.383. The van der Waals surface area contributed by atoms with E-state index in [-0.39, 0.29) is 22.3 Å². The zero-order valence-corrected chi connectivity index (χ0v) is 19.1. The lowest BCUT2D eigenvalue weighted by atomic mass is 10.1. The molecule has 1 fully saturated rings. The highest BCUT2D eigenvalue weighted by molar-refractivity contribution is 7.22. The maximum absolute atomic E-state index is 13.1. The number of halogens is 3. The largest absolute Gasteiger partial charge is 0.416 e. The monoisotopic (exact) mass is 507 g/mol. The van der Waals surface area contributed by atoms with Crippen LogP contribution in [-0.4, -0.2) is 53.4 Å². The highest BCUT2D eigenvalue weighted by Crippen LogP contribution is 2.38. The minimum atomic E-state index is -4.83. The Labute approximate surface area is 200 Å². The summed E-state index contributed by atoms with van der Waals surface area (Å²) in [6, 6.07) is 10.5. The van der Waals surface area contributed by atoms with Crippen molar-refractivity contribution in [2.75, 3.05) is 37.6 Å². The maximum Gasteiger partial charge on any atom is 0.416 e. The molecule has 0 aliphatic carbocycles. The summed E-state index contributed by atoms with van der Waals surface area (Å²) in [5.74, 6) is -0.133. The van der Waals surface area contributed by atoms with Crippen LogP contribution in [0.25, 0.3) is 10.1 Å². The third-order valence-corrected chi connectivity index (χ3v) is 6.72. The van der Waals surface area contributed by atoms with Gasteiger partial charge in [-0.25, -0.2) is 0 Å². The fourth-order valence-electron chi connectivity index (χ4n) is 3.73. The normalized spacial score (nSPS) is 14.8. The Bertz CT molecular complexity index is 1310. The third-order valence-electron chi connectivity index (χ3n) is 5.56. The van der Waals surface area contributed by atoms with Gasteiger partial charge in [-0.15, -0.1) is 0 Å². The van der Waals surface area contributed by atoms with Gasteiger partial charge >= 0.3 is 6.18 Å². The highest BCUT2D eigenvalue weighted by atomic mass is 32.1. The van der Waals surface area contributed by atoms with E-state index < -0.39 is 33.3 Å². The molecule has 0 saturated carbocycles. The molecule has 1 aromatic heterocycles. The zero-order chi connectivity index (χ0) is 25.2. The SMILES string of the molecule is O=C(CN1CCN(c2nc(=O)c3cc(C(F)(F)F)cc([N+](=O)[O-])c3s2)CC1)NCc1ccccc1. The predicted molar refractivity (Wildman–Crippen MR) is 124 cm³/mol. The number of carbonyl (C=O) groups is 1. The molecule has 4 rings (SSSR count). The van der Waals surface area contributed by atoms with E-state index in [4.69, 9.17) is 0 Å². The van der Waals surface area contributed by atoms with Crippen molar-refractivity contribution in [3.05, 3.63) is 74.1 Å². The van der Waals surface area contributed by atoms with Gasteiger partial charge in [-0.3, -0.25) is 24.6 Å². The molecule has 0 radical (unpaired) electrons. The number of piperazine rings is 1. The Kier molecular flexibility index (Phi) is 6.98. The lowest BCUT2D eigenvalue weighted by Gasteiger charge is -2.34.